The Balaban J connectivity index is 2.33. The molecule has 5 nitrogen and oxygen atoms in total. The van der Waals surface area contributed by atoms with Crippen molar-refractivity contribution in [3.05, 3.63) is 24.5 Å². The minimum atomic E-state index is -0.500. The molecule has 0 aliphatic heterocycles. The van der Waals surface area contributed by atoms with Gasteiger partial charge in [-0.15, -0.1) is 0 Å². The highest BCUT2D eigenvalue weighted by molar-refractivity contribution is 5.88. The minimum absolute atomic E-state index is 0.226. The largest absolute Gasteiger partial charge is 0.391 e. The monoisotopic (exact) mass is 251 g/mol. The summed E-state index contributed by atoms with van der Waals surface area (Å²) >= 11 is 0. The number of hydrogen-bond donors (Lipinski definition) is 3. The normalized spacial score (nSPS) is 12.2. The van der Waals surface area contributed by atoms with Crippen LogP contribution in [0.4, 0.5) is 10.5 Å². The average Bonchev–Trinajstić information content (AvgIpc) is 2.39. The first-order valence-corrected chi connectivity index (χ1v) is 6.30. The first-order chi connectivity index (χ1) is 8.67. The van der Waals surface area contributed by atoms with Gasteiger partial charge in [0.25, 0.3) is 0 Å². The summed E-state index contributed by atoms with van der Waals surface area (Å²) in [5, 5.41) is 15.2. The maximum absolute atomic E-state index is 11.6. The second-order valence-electron chi connectivity index (χ2n) is 4.22. The molecule has 0 saturated carbocycles. The molecule has 0 aliphatic rings. The minimum Gasteiger partial charge on any atom is -0.391 e. The molecule has 1 rings (SSSR count). The van der Waals surface area contributed by atoms with Crippen molar-refractivity contribution in [3.63, 3.8) is 0 Å². The van der Waals surface area contributed by atoms with E-state index in [2.05, 4.69) is 15.6 Å². The topological polar surface area (TPSA) is 74.2 Å². The highest BCUT2D eigenvalue weighted by Crippen LogP contribution is 2.12. The van der Waals surface area contributed by atoms with E-state index < -0.39 is 6.10 Å². The molecule has 0 aliphatic carbocycles. The molecule has 5 heteroatoms. The van der Waals surface area contributed by atoms with Crippen molar-refractivity contribution in [3.8, 4) is 0 Å². The van der Waals surface area contributed by atoms with Crippen LogP contribution in [0.15, 0.2) is 24.5 Å². The van der Waals surface area contributed by atoms with Gasteiger partial charge in [0.15, 0.2) is 0 Å². The number of nitrogens with one attached hydrogen (secondary N) is 2. The lowest BCUT2D eigenvalue weighted by atomic mass is 9.97. The lowest BCUT2D eigenvalue weighted by Crippen LogP contribution is -2.38. The Morgan fingerprint density at radius 2 is 2.17 bits per heavy atom. The zero-order chi connectivity index (χ0) is 13.4. The molecule has 18 heavy (non-hydrogen) atoms. The summed E-state index contributed by atoms with van der Waals surface area (Å²) in [6.45, 7) is 4.33. The Labute approximate surface area is 108 Å². The quantitative estimate of drug-likeness (QED) is 0.724. The Morgan fingerprint density at radius 3 is 2.72 bits per heavy atom. The third kappa shape index (κ3) is 4.71. The van der Waals surface area contributed by atoms with Gasteiger partial charge in [-0.25, -0.2) is 4.79 Å². The van der Waals surface area contributed by atoms with Crippen LogP contribution in [0, 0.1) is 5.92 Å². The molecule has 0 saturated heterocycles. The molecule has 0 spiro atoms. The number of aliphatic hydroxyl groups is 1. The van der Waals surface area contributed by atoms with Gasteiger partial charge in [0.05, 0.1) is 18.0 Å². The lowest BCUT2D eigenvalue weighted by Gasteiger charge is -2.20. The average molecular weight is 251 g/mol. The van der Waals surface area contributed by atoms with E-state index >= 15 is 0 Å². The van der Waals surface area contributed by atoms with Crippen molar-refractivity contribution in [2.45, 2.75) is 32.8 Å². The van der Waals surface area contributed by atoms with Gasteiger partial charge in [-0.3, -0.25) is 4.98 Å². The van der Waals surface area contributed by atoms with Gasteiger partial charge in [0.1, 0.15) is 0 Å². The summed E-state index contributed by atoms with van der Waals surface area (Å²) in [5.41, 5.74) is 0.632. The van der Waals surface area contributed by atoms with Gasteiger partial charge in [0.2, 0.25) is 0 Å². The number of pyridine rings is 1. The van der Waals surface area contributed by atoms with Gasteiger partial charge in [-0.2, -0.15) is 0 Å². The molecule has 0 bridgehead atoms. The third-order valence-electron chi connectivity index (χ3n) is 2.98. The smallest absolute Gasteiger partial charge is 0.319 e. The number of aliphatic hydroxyl groups excluding tert-OH is 1. The van der Waals surface area contributed by atoms with Gasteiger partial charge < -0.3 is 15.7 Å². The molecule has 0 unspecified atom stereocenters. The van der Waals surface area contributed by atoms with Gasteiger partial charge in [-0.05, 0) is 18.1 Å². The molecule has 1 atom stereocenters. The number of urea groups is 1. The van der Waals surface area contributed by atoms with Crippen LogP contribution in [-0.2, 0) is 0 Å². The zero-order valence-corrected chi connectivity index (χ0v) is 10.9. The van der Waals surface area contributed by atoms with Crippen molar-refractivity contribution < 1.29 is 9.90 Å². The van der Waals surface area contributed by atoms with Crippen LogP contribution in [0.3, 0.4) is 0 Å². The van der Waals surface area contributed by atoms with Crippen LogP contribution < -0.4 is 10.6 Å². The molecule has 1 heterocycles. The van der Waals surface area contributed by atoms with Gasteiger partial charge >= 0.3 is 6.03 Å². The second kappa shape index (κ2) is 7.66. The Kier molecular flexibility index (Phi) is 6.14. The van der Waals surface area contributed by atoms with Gasteiger partial charge in [0, 0.05) is 12.7 Å². The van der Waals surface area contributed by atoms with E-state index in [9.17, 15) is 9.90 Å². The van der Waals surface area contributed by atoms with Crippen molar-refractivity contribution in [1.82, 2.24) is 10.3 Å². The number of hydrogen-bond acceptors (Lipinski definition) is 3. The van der Waals surface area contributed by atoms with E-state index in [4.69, 9.17) is 0 Å². The molecular weight excluding hydrogens is 230 g/mol. The molecular formula is C13H21N3O2. The summed E-state index contributed by atoms with van der Waals surface area (Å²) in [4.78, 5) is 15.5. The van der Waals surface area contributed by atoms with E-state index in [0.29, 0.717) is 5.69 Å². The van der Waals surface area contributed by atoms with E-state index in [1.807, 2.05) is 13.8 Å². The molecule has 2 amide bonds. The summed E-state index contributed by atoms with van der Waals surface area (Å²) in [5.74, 6) is 0.226. The fraction of sp³-hybridized carbons (Fsp3) is 0.538. The number of nitrogens with zero attached hydrogens (tertiary/aromatic N) is 1. The van der Waals surface area contributed by atoms with E-state index in [1.54, 1.807) is 24.5 Å². The SMILES string of the molecule is CCC(CC)[C@@H](O)CNC(=O)Nc1cccnc1. The summed E-state index contributed by atoms with van der Waals surface area (Å²) in [6, 6.07) is 3.17. The van der Waals surface area contributed by atoms with Crippen molar-refractivity contribution >= 4 is 11.7 Å². The first-order valence-electron chi connectivity index (χ1n) is 6.30. The predicted octanol–water partition coefficient (Wildman–Crippen LogP) is 2.00. The van der Waals surface area contributed by atoms with E-state index in [1.165, 1.54) is 0 Å². The van der Waals surface area contributed by atoms with Crippen LogP contribution in [0.5, 0.6) is 0 Å². The summed E-state index contributed by atoms with van der Waals surface area (Å²) in [6.07, 6.45) is 4.52. The standard InChI is InChI=1S/C13H21N3O2/c1-3-10(4-2)12(17)9-15-13(18)16-11-6-5-7-14-8-11/h5-8,10,12,17H,3-4,9H2,1-2H3,(H2,15,16,18)/t12-/m0/s1. The highest BCUT2D eigenvalue weighted by atomic mass is 16.3. The molecule has 0 fully saturated rings. The number of carbonyl (C=O) groups is 1. The molecule has 0 aromatic carbocycles. The Bertz CT molecular complexity index is 353. The number of carbonyl (C=O) groups excluding carboxylic acids is 1. The Hall–Kier alpha value is -1.62. The van der Waals surface area contributed by atoms with E-state index in [0.717, 1.165) is 12.8 Å². The van der Waals surface area contributed by atoms with Crippen molar-refractivity contribution in [2.24, 2.45) is 5.92 Å². The lowest BCUT2D eigenvalue weighted by molar-refractivity contribution is 0.104. The maximum Gasteiger partial charge on any atom is 0.319 e. The molecule has 100 valence electrons. The maximum atomic E-state index is 11.6. The summed E-state index contributed by atoms with van der Waals surface area (Å²) < 4.78 is 0. The fourth-order valence-corrected chi connectivity index (χ4v) is 1.81. The number of anilines is 1. The molecule has 0 radical (unpaired) electrons. The summed E-state index contributed by atoms with van der Waals surface area (Å²) in [7, 11) is 0. The zero-order valence-electron chi connectivity index (χ0n) is 10.9. The highest BCUT2D eigenvalue weighted by Gasteiger charge is 2.15. The number of aromatic nitrogens is 1. The number of rotatable bonds is 6. The second-order valence-corrected chi connectivity index (χ2v) is 4.22. The van der Waals surface area contributed by atoms with Crippen LogP contribution in [0.25, 0.3) is 0 Å². The van der Waals surface area contributed by atoms with Crippen LogP contribution in [0.2, 0.25) is 0 Å². The van der Waals surface area contributed by atoms with Crippen molar-refractivity contribution in [2.75, 3.05) is 11.9 Å². The van der Waals surface area contributed by atoms with Crippen LogP contribution in [-0.4, -0.2) is 28.8 Å². The fourth-order valence-electron chi connectivity index (χ4n) is 1.81. The molecule has 1 aromatic heterocycles. The van der Waals surface area contributed by atoms with Crippen molar-refractivity contribution in [1.29, 1.82) is 0 Å². The first kappa shape index (κ1) is 14.4. The molecule has 3 N–H and O–H groups in total. The predicted molar refractivity (Wildman–Crippen MR) is 71.3 cm³/mol. The van der Waals surface area contributed by atoms with Crippen LogP contribution in [0.1, 0.15) is 26.7 Å². The van der Waals surface area contributed by atoms with Gasteiger partial charge in [-0.1, -0.05) is 26.7 Å². The number of amides is 2. The van der Waals surface area contributed by atoms with E-state index in [-0.39, 0.29) is 18.5 Å². The Morgan fingerprint density at radius 1 is 1.44 bits per heavy atom. The molecule has 1 aromatic rings. The van der Waals surface area contributed by atoms with Crippen LogP contribution >= 0.6 is 0 Å². The third-order valence-corrected chi connectivity index (χ3v) is 2.98.